The van der Waals surface area contributed by atoms with Crippen molar-refractivity contribution in [2.75, 3.05) is 6.61 Å². The average molecular weight is 182 g/mol. The highest BCUT2D eigenvalue weighted by molar-refractivity contribution is 5.75. The van der Waals surface area contributed by atoms with Gasteiger partial charge in [-0.05, 0) is 24.5 Å². The summed E-state index contributed by atoms with van der Waals surface area (Å²) in [6, 6.07) is 8.25. The van der Waals surface area contributed by atoms with Crippen LogP contribution in [0.4, 0.5) is 0 Å². The lowest BCUT2D eigenvalue weighted by molar-refractivity contribution is 0.288. The molecular weight excluding hydrogens is 167 g/mol. The smallest absolute Gasteiger partial charge is 0.187 e. The van der Waals surface area contributed by atoms with Gasteiger partial charge in [0.1, 0.15) is 5.75 Å². The first-order chi connectivity index (χ1) is 4.97. The predicted octanol–water partition coefficient (Wildman–Crippen LogP) is 0.00300. The summed E-state index contributed by atoms with van der Waals surface area (Å²) in [6.07, 6.45) is 2.34. The summed E-state index contributed by atoms with van der Waals surface area (Å²) in [6.45, 7) is 0.886. The van der Waals surface area contributed by atoms with Crippen LogP contribution in [-0.2, 0) is 6.42 Å². The maximum absolute atomic E-state index is 5.42. The Kier molecular flexibility index (Phi) is 5.00. The monoisotopic (exact) mass is 182 g/mol. The molecule has 0 bridgehead atoms. The number of fused-ring (bicyclic) bond motifs is 1. The maximum Gasteiger partial charge on any atom is 0.187 e. The number of aryl methyl sites for hydroxylation is 1. The zero-order valence-corrected chi connectivity index (χ0v) is 6.34. The highest BCUT2D eigenvalue weighted by atomic mass is 27.0. The Balaban J connectivity index is 0.000000605. The maximum atomic E-state index is 5.42. The largest absolute Gasteiger partial charge is 0.493 e. The first-order valence-corrected chi connectivity index (χ1v) is 3.67. The molecule has 2 rings (SSSR count). The number of hydrogen-bond donors (Lipinski definition) is 0. The van der Waals surface area contributed by atoms with Crippen LogP contribution >= 0.6 is 0 Å². The molecule has 0 aromatic heterocycles. The van der Waals surface area contributed by atoms with Crippen molar-refractivity contribution in [1.82, 2.24) is 0 Å². The second kappa shape index (κ2) is 5.21. The van der Waals surface area contributed by atoms with Gasteiger partial charge >= 0.3 is 0 Å². The van der Waals surface area contributed by atoms with Gasteiger partial charge in [0.05, 0.1) is 6.61 Å². The summed E-state index contributed by atoms with van der Waals surface area (Å²) in [5, 5.41) is 0. The molecule has 0 spiro atoms. The molecule has 0 amide bonds. The SMILES string of the molecule is O.[AlH3].c1ccc2c(c1)CCCO2. The number of benzene rings is 1. The molecule has 0 aliphatic carbocycles. The Hall–Kier alpha value is -0.488. The van der Waals surface area contributed by atoms with E-state index in [1.807, 2.05) is 12.1 Å². The fourth-order valence-corrected chi connectivity index (χ4v) is 1.30. The fourth-order valence-electron chi connectivity index (χ4n) is 1.30. The van der Waals surface area contributed by atoms with E-state index in [1.54, 1.807) is 0 Å². The standard InChI is InChI=1S/C9H10O.Al.H2O.3H/c1-2-6-9-8(4-1)5-3-7-10-9;;;;;/h1-2,4,6H,3,5,7H2;;1H2;;;. The molecule has 2 nitrogen and oxygen atoms in total. The van der Waals surface area contributed by atoms with Crippen LogP contribution in [0.2, 0.25) is 0 Å². The lowest BCUT2D eigenvalue weighted by Gasteiger charge is -2.15. The lowest BCUT2D eigenvalue weighted by atomic mass is 10.1. The van der Waals surface area contributed by atoms with Crippen LogP contribution < -0.4 is 4.74 Å². The highest BCUT2D eigenvalue weighted by Crippen LogP contribution is 2.22. The molecule has 66 valence electrons. The van der Waals surface area contributed by atoms with E-state index in [9.17, 15) is 0 Å². The molecule has 0 radical (unpaired) electrons. The van der Waals surface area contributed by atoms with E-state index in [0.717, 1.165) is 18.8 Å². The van der Waals surface area contributed by atoms with Gasteiger partial charge in [-0.3, -0.25) is 0 Å². The Labute approximate surface area is 83.0 Å². The summed E-state index contributed by atoms with van der Waals surface area (Å²) in [7, 11) is 0. The third kappa shape index (κ3) is 2.25. The molecule has 1 aliphatic rings. The first-order valence-electron chi connectivity index (χ1n) is 3.67. The van der Waals surface area contributed by atoms with Gasteiger partial charge in [-0.2, -0.15) is 0 Å². The van der Waals surface area contributed by atoms with Crippen molar-refractivity contribution in [3.8, 4) is 5.75 Å². The Morgan fingerprint density at radius 3 is 2.67 bits per heavy atom. The second-order valence-corrected chi connectivity index (χ2v) is 2.56. The van der Waals surface area contributed by atoms with E-state index < -0.39 is 0 Å². The van der Waals surface area contributed by atoms with Crippen LogP contribution in [0.1, 0.15) is 12.0 Å². The van der Waals surface area contributed by atoms with E-state index >= 15 is 0 Å². The van der Waals surface area contributed by atoms with Crippen molar-refractivity contribution in [3.63, 3.8) is 0 Å². The van der Waals surface area contributed by atoms with E-state index in [4.69, 9.17) is 4.74 Å². The molecule has 1 aromatic rings. The van der Waals surface area contributed by atoms with E-state index in [0.29, 0.717) is 0 Å². The Morgan fingerprint density at radius 2 is 1.92 bits per heavy atom. The molecule has 0 atom stereocenters. The molecule has 1 aliphatic heterocycles. The summed E-state index contributed by atoms with van der Waals surface area (Å²) < 4.78 is 5.42. The molecule has 0 fully saturated rings. The Bertz CT molecular complexity index is 213. The topological polar surface area (TPSA) is 40.7 Å². The van der Waals surface area contributed by atoms with Crippen molar-refractivity contribution < 1.29 is 10.2 Å². The molecule has 0 saturated carbocycles. The van der Waals surface area contributed by atoms with Crippen LogP contribution in [0, 0.1) is 0 Å². The molecule has 1 aromatic carbocycles. The van der Waals surface area contributed by atoms with Crippen molar-refractivity contribution in [2.24, 2.45) is 0 Å². The van der Waals surface area contributed by atoms with Crippen molar-refractivity contribution in [1.29, 1.82) is 0 Å². The van der Waals surface area contributed by atoms with Crippen LogP contribution in [0.3, 0.4) is 0 Å². The quantitative estimate of drug-likeness (QED) is 0.521. The van der Waals surface area contributed by atoms with Gasteiger partial charge in [0.25, 0.3) is 0 Å². The second-order valence-electron chi connectivity index (χ2n) is 2.56. The third-order valence-electron chi connectivity index (χ3n) is 1.82. The minimum absolute atomic E-state index is 0. The van der Waals surface area contributed by atoms with Crippen molar-refractivity contribution >= 4 is 17.4 Å². The molecule has 0 unspecified atom stereocenters. The minimum Gasteiger partial charge on any atom is -0.493 e. The van der Waals surface area contributed by atoms with Gasteiger partial charge in [-0.1, -0.05) is 18.2 Å². The summed E-state index contributed by atoms with van der Waals surface area (Å²) in [4.78, 5) is 0. The third-order valence-corrected chi connectivity index (χ3v) is 1.82. The summed E-state index contributed by atoms with van der Waals surface area (Å²) in [5.41, 5.74) is 1.36. The zero-order chi connectivity index (χ0) is 6.81. The number of hydrogen-bond acceptors (Lipinski definition) is 1. The van der Waals surface area contributed by atoms with Gasteiger partial charge in [0, 0.05) is 0 Å². The van der Waals surface area contributed by atoms with Crippen molar-refractivity contribution in [2.45, 2.75) is 12.8 Å². The van der Waals surface area contributed by atoms with Gasteiger partial charge in [0.2, 0.25) is 0 Å². The summed E-state index contributed by atoms with van der Waals surface area (Å²) in [5.74, 6) is 1.08. The summed E-state index contributed by atoms with van der Waals surface area (Å²) >= 11 is 0. The zero-order valence-electron chi connectivity index (χ0n) is 6.34. The first kappa shape index (κ1) is 11.5. The molecule has 3 heteroatoms. The van der Waals surface area contributed by atoms with Crippen LogP contribution in [-0.4, -0.2) is 29.4 Å². The predicted molar refractivity (Wildman–Crippen MR) is 53.8 cm³/mol. The normalized spacial score (nSPS) is 13.0. The van der Waals surface area contributed by atoms with E-state index in [-0.39, 0.29) is 22.8 Å². The van der Waals surface area contributed by atoms with E-state index in [2.05, 4.69) is 12.1 Å². The van der Waals surface area contributed by atoms with E-state index in [1.165, 1.54) is 12.0 Å². The molecule has 0 saturated heterocycles. The van der Waals surface area contributed by atoms with Gasteiger partial charge in [-0.15, -0.1) is 0 Å². The number of ether oxygens (including phenoxy) is 1. The molecule has 1 heterocycles. The molecule has 12 heavy (non-hydrogen) atoms. The Morgan fingerprint density at radius 1 is 1.17 bits per heavy atom. The van der Waals surface area contributed by atoms with Gasteiger partial charge in [-0.25, -0.2) is 0 Å². The lowest BCUT2D eigenvalue weighted by Crippen LogP contribution is -2.07. The van der Waals surface area contributed by atoms with Gasteiger partial charge < -0.3 is 10.2 Å². The highest BCUT2D eigenvalue weighted by Gasteiger charge is 2.06. The average Bonchev–Trinajstić information content (AvgIpc) is 2.05. The van der Waals surface area contributed by atoms with Crippen LogP contribution in [0.15, 0.2) is 24.3 Å². The van der Waals surface area contributed by atoms with Crippen molar-refractivity contribution in [3.05, 3.63) is 29.8 Å². The number of rotatable bonds is 0. The number of para-hydroxylation sites is 1. The fraction of sp³-hybridized carbons (Fsp3) is 0.333. The minimum atomic E-state index is 0. The van der Waals surface area contributed by atoms with Crippen LogP contribution in [0.25, 0.3) is 0 Å². The molecule has 2 N–H and O–H groups in total. The van der Waals surface area contributed by atoms with Crippen LogP contribution in [0.5, 0.6) is 5.75 Å². The molecular formula is C9H15AlO2. The van der Waals surface area contributed by atoms with Gasteiger partial charge in [0.15, 0.2) is 17.4 Å².